The fourth-order valence-electron chi connectivity index (χ4n) is 2.95. The van der Waals surface area contributed by atoms with E-state index in [0.717, 1.165) is 27.5 Å². The SMILES string of the molecule is CC1CCC(C)N(C(=O)c2sc3cc(Br)ccc3c2N)C1. The Kier molecular flexibility index (Phi) is 3.97. The standard InChI is InChI=1S/C16H19BrN2OS/c1-9-3-4-10(2)19(8-9)16(20)15-14(18)12-6-5-11(17)7-13(12)21-15/h5-7,9-10H,3-4,8,18H2,1-2H3. The molecule has 1 aliphatic rings. The molecule has 112 valence electrons. The molecule has 1 fully saturated rings. The maximum atomic E-state index is 12.9. The number of likely N-dealkylation sites (tertiary alicyclic amines) is 1. The first-order valence-corrected chi connectivity index (χ1v) is 8.87. The third-order valence-electron chi connectivity index (χ3n) is 4.26. The molecule has 0 radical (unpaired) electrons. The largest absolute Gasteiger partial charge is 0.397 e. The van der Waals surface area contributed by atoms with E-state index in [1.807, 2.05) is 23.1 Å². The number of piperidine rings is 1. The fourth-order valence-corrected chi connectivity index (χ4v) is 4.58. The Balaban J connectivity index is 1.99. The first-order valence-electron chi connectivity index (χ1n) is 7.26. The Bertz CT molecular complexity index is 697. The molecule has 2 unspecified atom stereocenters. The predicted molar refractivity (Wildman–Crippen MR) is 92.8 cm³/mol. The second-order valence-corrected chi connectivity index (χ2v) is 7.94. The molecular formula is C16H19BrN2OS. The van der Waals surface area contributed by atoms with Crippen LogP contribution in [0.1, 0.15) is 36.4 Å². The van der Waals surface area contributed by atoms with Crippen LogP contribution in [0.5, 0.6) is 0 Å². The fraction of sp³-hybridized carbons (Fsp3) is 0.438. The quantitative estimate of drug-likeness (QED) is 0.806. The molecule has 2 aromatic rings. The summed E-state index contributed by atoms with van der Waals surface area (Å²) in [6.45, 7) is 5.17. The van der Waals surface area contributed by atoms with Crippen LogP contribution < -0.4 is 5.73 Å². The Morgan fingerprint density at radius 3 is 2.90 bits per heavy atom. The zero-order valence-corrected chi connectivity index (χ0v) is 14.6. The van der Waals surface area contributed by atoms with Gasteiger partial charge in [-0.1, -0.05) is 28.9 Å². The molecule has 2 heterocycles. The molecule has 2 N–H and O–H groups in total. The number of fused-ring (bicyclic) bond motifs is 1. The second-order valence-electron chi connectivity index (χ2n) is 5.97. The Morgan fingerprint density at radius 2 is 2.14 bits per heavy atom. The molecule has 1 aliphatic heterocycles. The Hall–Kier alpha value is -1.07. The van der Waals surface area contributed by atoms with Gasteiger partial charge in [0.15, 0.2) is 0 Å². The van der Waals surface area contributed by atoms with Crippen molar-refractivity contribution in [1.82, 2.24) is 4.90 Å². The van der Waals surface area contributed by atoms with Crippen molar-refractivity contribution in [2.24, 2.45) is 5.92 Å². The number of amides is 1. The van der Waals surface area contributed by atoms with Gasteiger partial charge < -0.3 is 10.6 Å². The zero-order valence-electron chi connectivity index (χ0n) is 12.2. The van der Waals surface area contributed by atoms with Gasteiger partial charge in [-0.25, -0.2) is 0 Å². The molecule has 1 aromatic heterocycles. The number of hydrogen-bond donors (Lipinski definition) is 1. The van der Waals surface area contributed by atoms with E-state index < -0.39 is 0 Å². The Morgan fingerprint density at radius 1 is 1.38 bits per heavy atom. The van der Waals surface area contributed by atoms with Crippen LogP contribution in [-0.2, 0) is 0 Å². The van der Waals surface area contributed by atoms with Gasteiger partial charge in [-0.2, -0.15) is 0 Å². The normalized spacial score (nSPS) is 22.7. The number of hydrogen-bond acceptors (Lipinski definition) is 3. The van der Waals surface area contributed by atoms with Crippen molar-refractivity contribution in [3.05, 3.63) is 27.5 Å². The number of nitrogen functional groups attached to an aromatic ring is 1. The predicted octanol–water partition coefficient (Wildman–Crippen LogP) is 4.51. The first kappa shape index (κ1) is 14.9. The van der Waals surface area contributed by atoms with Crippen molar-refractivity contribution in [2.75, 3.05) is 12.3 Å². The van der Waals surface area contributed by atoms with Crippen molar-refractivity contribution in [3.8, 4) is 0 Å². The van der Waals surface area contributed by atoms with Crippen molar-refractivity contribution in [1.29, 1.82) is 0 Å². The summed E-state index contributed by atoms with van der Waals surface area (Å²) in [5.74, 6) is 0.652. The van der Waals surface area contributed by atoms with Gasteiger partial charge in [-0.3, -0.25) is 4.79 Å². The van der Waals surface area contributed by atoms with Crippen LogP contribution in [0, 0.1) is 5.92 Å². The monoisotopic (exact) mass is 366 g/mol. The smallest absolute Gasteiger partial charge is 0.266 e. The van der Waals surface area contributed by atoms with E-state index in [-0.39, 0.29) is 5.91 Å². The lowest BCUT2D eigenvalue weighted by molar-refractivity contribution is 0.0580. The summed E-state index contributed by atoms with van der Waals surface area (Å²) in [6.07, 6.45) is 2.27. The highest BCUT2D eigenvalue weighted by atomic mass is 79.9. The van der Waals surface area contributed by atoms with Gasteiger partial charge in [-0.15, -0.1) is 11.3 Å². The molecule has 1 amide bonds. The summed E-state index contributed by atoms with van der Waals surface area (Å²) < 4.78 is 2.07. The van der Waals surface area contributed by atoms with Crippen LogP contribution in [0.2, 0.25) is 0 Å². The average Bonchev–Trinajstić information content (AvgIpc) is 2.77. The lowest BCUT2D eigenvalue weighted by Crippen LogP contribution is -2.44. The molecule has 0 bridgehead atoms. The van der Waals surface area contributed by atoms with E-state index in [0.29, 0.717) is 22.5 Å². The van der Waals surface area contributed by atoms with Crippen molar-refractivity contribution in [3.63, 3.8) is 0 Å². The van der Waals surface area contributed by atoms with E-state index in [4.69, 9.17) is 5.73 Å². The highest BCUT2D eigenvalue weighted by Crippen LogP contribution is 2.37. The molecule has 1 aromatic carbocycles. The lowest BCUT2D eigenvalue weighted by atomic mass is 9.95. The maximum Gasteiger partial charge on any atom is 0.266 e. The zero-order chi connectivity index (χ0) is 15.1. The number of thiophene rings is 1. The van der Waals surface area contributed by atoms with E-state index >= 15 is 0 Å². The summed E-state index contributed by atoms with van der Waals surface area (Å²) in [6, 6.07) is 6.26. The summed E-state index contributed by atoms with van der Waals surface area (Å²) >= 11 is 4.96. The number of anilines is 1. The average molecular weight is 367 g/mol. The maximum absolute atomic E-state index is 12.9. The molecule has 1 saturated heterocycles. The number of carbonyl (C=O) groups excluding carboxylic acids is 1. The molecule has 0 saturated carbocycles. The van der Waals surface area contributed by atoms with Crippen LogP contribution in [0.3, 0.4) is 0 Å². The summed E-state index contributed by atoms with van der Waals surface area (Å²) in [7, 11) is 0. The summed E-state index contributed by atoms with van der Waals surface area (Å²) in [5, 5.41) is 0.976. The molecule has 2 atom stereocenters. The van der Waals surface area contributed by atoms with Crippen molar-refractivity contribution < 1.29 is 4.79 Å². The van der Waals surface area contributed by atoms with Gasteiger partial charge in [0.2, 0.25) is 0 Å². The summed E-state index contributed by atoms with van der Waals surface area (Å²) in [5.41, 5.74) is 6.85. The van der Waals surface area contributed by atoms with Gasteiger partial charge in [0.1, 0.15) is 4.88 Å². The topological polar surface area (TPSA) is 46.3 Å². The Labute approximate surface area is 137 Å². The van der Waals surface area contributed by atoms with Gasteiger partial charge in [0, 0.05) is 27.1 Å². The molecule has 3 nitrogen and oxygen atoms in total. The van der Waals surface area contributed by atoms with Crippen LogP contribution in [0.15, 0.2) is 22.7 Å². The number of carbonyl (C=O) groups is 1. The van der Waals surface area contributed by atoms with Gasteiger partial charge in [-0.05, 0) is 37.8 Å². The second kappa shape index (κ2) is 5.61. The molecule has 0 aliphatic carbocycles. The molecular weight excluding hydrogens is 348 g/mol. The minimum absolute atomic E-state index is 0.0869. The van der Waals surface area contributed by atoms with E-state index in [9.17, 15) is 4.79 Å². The van der Waals surface area contributed by atoms with E-state index in [2.05, 4.69) is 29.8 Å². The third kappa shape index (κ3) is 2.69. The van der Waals surface area contributed by atoms with Crippen molar-refractivity contribution in [2.45, 2.75) is 32.7 Å². The number of halogens is 1. The molecule has 21 heavy (non-hydrogen) atoms. The number of nitrogens with zero attached hydrogens (tertiary/aromatic N) is 1. The van der Waals surface area contributed by atoms with Crippen LogP contribution in [0.4, 0.5) is 5.69 Å². The minimum atomic E-state index is 0.0869. The van der Waals surface area contributed by atoms with Gasteiger partial charge >= 0.3 is 0 Å². The van der Waals surface area contributed by atoms with Crippen LogP contribution in [0.25, 0.3) is 10.1 Å². The molecule has 0 spiro atoms. The van der Waals surface area contributed by atoms with Gasteiger partial charge in [0.05, 0.1) is 5.69 Å². The summed E-state index contributed by atoms with van der Waals surface area (Å²) in [4.78, 5) is 15.6. The van der Waals surface area contributed by atoms with E-state index in [1.54, 1.807) is 0 Å². The number of benzene rings is 1. The number of nitrogens with two attached hydrogens (primary N) is 1. The van der Waals surface area contributed by atoms with Crippen molar-refractivity contribution >= 4 is 48.9 Å². The minimum Gasteiger partial charge on any atom is -0.397 e. The number of rotatable bonds is 1. The molecule has 5 heteroatoms. The first-order chi connectivity index (χ1) is 9.97. The van der Waals surface area contributed by atoms with Crippen LogP contribution >= 0.6 is 27.3 Å². The van der Waals surface area contributed by atoms with Crippen LogP contribution in [-0.4, -0.2) is 23.4 Å². The lowest BCUT2D eigenvalue weighted by Gasteiger charge is -2.36. The highest BCUT2D eigenvalue weighted by molar-refractivity contribution is 9.10. The highest BCUT2D eigenvalue weighted by Gasteiger charge is 2.30. The molecule has 3 rings (SSSR count). The van der Waals surface area contributed by atoms with E-state index in [1.165, 1.54) is 17.8 Å². The third-order valence-corrected chi connectivity index (χ3v) is 5.91. The van der Waals surface area contributed by atoms with Gasteiger partial charge in [0.25, 0.3) is 5.91 Å².